The number of aromatic nitrogens is 3. The third kappa shape index (κ3) is 4.63. The van der Waals surface area contributed by atoms with Gasteiger partial charge in [-0.3, -0.25) is 4.79 Å². The highest BCUT2D eigenvalue weighted by Crippen LogP contribution is 2.32. The van der Waals surface area contributed by atoms with Gasteiger partial charge in [-0.1, -0.05) is 24.3 Å². The van der Waals surface area contributed by atoms with Crippen LogP contribution in [-0.4, -0.2) is 27.5 Å². The number of ether oxygens (including phenoxy) is 1. The lowest BCUT2D eigenvalue weighted by Crippen LogP contribution is -2.14. The van der Waals surface area contributed by atoms with Gasteiger partial charge in [-0.15, -0.1) is 11.3 Å². The molecule has 7 heteroatoms. The Morgan fingerprint density at radius 3 is 2.61 bits per heavy atom. The molecule has 164 valence electrons. The van der Waals surface area contributed by atoms with E-state index in [0.717, 1.165) is 50.1 Å². The Labute approximate surface area is 195 Å². The summed E-state index contributed by atoms with van der Waals surface area (Å²) >= 11 is 1.51. The second kappa shape index (κ2) is 9.26. The fourth-order valence-electron chi connectivity index (χ4n) is 3.61. The topological polar surface area (TPSA) is 79.9 Å². The zero-order valence-electron chi connectivity index (χ0n) is 18.0. The van der Waals surface area contributed by atoms with Crippen LogP contribution in [0.4, 0.5) is 5.69 Å². The zero-order valence-corrected chi connectivity index (χ0v) is 18.9. The minimum absolute atomic E-state index is 0.110. The minimum atomic E-state index is -0.110. The van der Waals surface area contributed by atoms with Crippen LogP contribution in [0.3, 0.4) is 0 Å². The molecule has 2 aromatic heterocycles. The van der Waals surface area contributed by atoms with E-state index in [-0.39, 0.29) is 12.3 Å². The second-order valence-corrected chi connectivity index (χ2v) is 8.34. The first kappa shape index (κ1) is 20.9. The molecular weight excluding hydrogens is 432 g/mol. The molecule has 2 N–H and O–H groups in total. The third-order valence-electron chi connectivity index (χ3n) is 5.14. The number of carbonyl (C=O) groups is 1. The number of hydrogen-bond acceptors (Lipinski definition) is 5. The Hall–Kier alpha value is -3.97. The standard InChI is InChI=1S/C26H22N4O2S/c1-2-32-23-10-6-3-7-20(23)26-28-19(16-33-26)15-24(31)27-18-13-11-17(12-14-18)25-29-21-8-4-5-9-22(21)30-25/h3-14,16H,2,15H2,1H3,(H,27,31)(H,29,30). The number of rotatable bonds is 7. The highest BCUT2D eigenvalue weighted by atomic mass is 32.1. The predicted octanol–water partition coefficient (Wildman–Crippen LogP) is 5.93. The normalized spacial score (nSPS) is 10.9. The largest absolute Gasteiger partial charge is 0.493 e. The van der Waals surface area contributed by atoms with E-state index in [9.17, 15) is 4.79 Å². The van der Waals surface area contributed by atoms with E-state index in [2.05, 4.69) is 20.3 Å². The van der Waals surface area contributed by atoms with Gasteiger partial charge in [-0.2, -0.15) is 0 Å². The molecule has 0 spiro atoms. The molecule has 0 bridgehead atoms. The van der Waals surface area contributed by atoms with E-state index in [1.807, 2.05) is 85.1 Å². The first-order valence-electron chi connectivity index (χ1n) is 10.7. The van der Waals surface area contributed by atoms with Gasteiger partial charge in [0.1, 0.15) is 16.6 Å². The Morgan fingerprint density at radius 2 is 1.79 bits per heavy atom. The van der Waals surface area contributed by atoms with Gasteiger partial charge in [0.05, 0.1) is 35.3 Å². The van der Waals surface area contributed by atoms with Crippen LogP contribution in [0.25, 0.3) is 33.0 Å². The van der Waals surface area contributed by atoms with E-state index < -0.39 is 0 Å². The van der Waals surface area contributed by atoms with E-state index in [4.69, 9.17) is 4.74 Å². The van der Waals surface area contributed by atoms with E-state index >= 15 is 0 Å². The van der Waals surface area contributed by atoms with E-state index in [1.165, 1.54) is 11.3 Å². The molecule has 6 nitrogen and oxygen atoms in total. The van der Waals surface area contributed by atoms with Gasteiger partial charge in [0.25, 0.3) is 0 Å². The summed E-state index contributed by atoms with van der Waals surface area (Å²) in [6, 6.07) is 23.4. The summed E-state index contributed by atoms with van der Waals surface area (Å²) in [5.74, 6) is 1.49. The number of imidazole rings is 1. The number of benzene rings is 3. The van der Waals surface area contributed by atoms with Crippen LogP contribution < -0.4 is 10.1 Å². The molecule has 0 radical (unpaired) electrons. The van der Waals surface area contributed by atoms with Crippen LogP contribution in [0.1, 0.15) is 12.6 Å². The third-order valence-corrected chi connectivity index (χ3v) is 6.07. The maximum absolute atomic E-state index is 12.6. The van der Waals surface area contributed by atoms with Crippen molar-refractivity contribution in [1.29, 1.82) is 0 Å². The second-order valence-electron chi connectivity index (χ2n) is 7.48. The lowest BCUT2D eigenvalue weighted by atomic mass is 10.2. The number of thiazole rings is 1. The van der Waals surface area contributed by atoms with Gasteiger partial charge >= 0.3 is 0 Å². The molecule has 0 atom stereocenters. The number of carbonyl (C=O) groups excluding carboxylic acids is 1. The molecule has 0 saturated heterocycles. The van der Waals surface area contributed by atoms with Crippen molar-refractivity contribution >= 4 is 34.0 Å². The monoisotopic (exact) mass is 454 g/mol. The van der Waals surface area contributed by atoms with Gasteiger partial charge in [-0.25, -0.2) is 9.97 Å². The molecule has 5 aromatic rings. The number of anilines is 1. The summed E-state index contributed by atoms with van der Waals surface area (Å²) in [6.07, 6.45) is 0.207. The van der Waals surface area contributed by atoms with Gasteiger partial charge in [-0.05, 0) is 55.5 Å². The lowest BCUT2D eigenvalue weighted by Gasteiger charge is -2.07. The molecule has 0 saturated carbocycles. The summed E-state index contributed by atoms with van der Waals surface area (Å²) in [7, 11) is 0. The smallest absolute Gasteiger partial charge is 0.230 e. The Balaban J connectivity index is 1.24. The summed E-state index contributed by atoms with van der Waals surface area (Å²) in [4.78, 5) is 25.2. The molecule has 0 aliphatic carbocycles. The number of hydrogen-bond donors (Lipinski definition) is 2. The zero-order chi connectivity index (χ0) is 22.6. The number of amides is 1. The fraction of sp³-hybridized carbons (Fsp3) is 0.115. The van der Waals surface area contributed by atoms with Gasteiger partial charge in [0.15, 0.2) is 0 Å². The maximum Gasteiger partial charge on any atom is 0.230 e. The maximum atomic E-state index is 12.6. The number of aromatic amines is 1. The van der Waals surface area contributed by atoms with Crippen molar-refractivity contribution in [1.82, 2.24) is 15.0 Å². The van der Waals surface area contributed by atoms with Crippen LogP contribution in [0, 0.1) is 0 Å². The Bertz CT molecular complexity index is 1370. The van der Waals surface area contributed by atoms with Crippen LogP contribution in [-0.2, 0) is 11.2 Å². The average molecular weight is 455 g/mol. The van der Waals surface area contributed by atoms with Crippen molar-refractivity contribution in [2.24, 2.45) is 0 Å². The summed E-state index contributed by atoms with van der Waals surface area (Å²) in [5, 5.41) is 5.71. The number of para-hydroxylation sites is 3. The summed E-state index contributed by atoms with van der Waals surface area (Å²) < 4.78 is 5.70. The molecule has 2 heterocycles. The molecule has 0 aliphatic heterocycles. The van der Waals surface area contributed by atoms with Crippen LogP contribution >= 0.6 is 11.3 Å². The molecule has 0 fully saturated rings. The van der Waals surface area contributed by atoms with Crippen LogP contribution in [0.15, 0.2) is 78.2 Å². The lowest BCUT2D eigenvalue weighted by molar-refractivity contribution is -0.115. The van der Waals surface area contributed by atoms with E-state index in [1.54, 1.807) is 0 Å². The Morgan fingerprint density at radius 1 is 1.00 bits per heavy atom. The molecular formula is C26H22N4O2S. The number of nitrogens with one attached hydrogen (secondary N) is 2. The molecule has 33 heavy (non-hydrogen) atoms. The van der Waals surface area contributed by atoms with Crippen LogP contribution in [0.2, 0.25) is 0 Å². The fourth-order valence-corrected chi connectivity index (χ4v) is 4.46. The van der Waals surface area contributed by atoms with Crippen molar-refractivity contribution in [3.63, 3.8) is 0 Å². The molecule has 3 aromatic carbocycles. The van der Waals surface area contributed by atoms with Gasteiger partial charge in [0.2, 0.25) is 5.91 Å². The first-order chi connectivity index (χ1) is 16.2. The molecule has 0 unspecified atom stereocenters. The molecule has 5 rings (SSSR count). The highest BCUT2D eigenvalue weighted by molar-refractivity contribution is 7.13. The highest BCUT2D eigenvalue weighted by Gasteiger charge is 2.13. The SMILES string of the molecule is CCOc1ccccc1-c1nc(CC(=O)Nc2ccc(-c3nc4ccccc4[nH]3)cc2)cs1. The van der Waals surface area contributed by atoms with E-state index in [0.29, 0.717) is 6.61 Å². The number of H-pyrrole nitrogens is 1. The Kier molecular flexibility index (Phi) is 5.87. The first-order valence-corrected chi connectivity index (χ1v) is 11.6. The van der Waals surface area contributed by atoms with Crippen molar-refractivity contribution < 1.29 is 9.53 Å². The van der Waals surface area contributed by atoms with Crippen molar-refractivity contribution in [2.75, 3.05) is 11.9 Å². The van der Waals surface area contributed by atoms with Crippen LogP contribution in [0.5, 0.6) is 5.75 Å². The quantitative estimate of drug-likeness (QED) is 0.319. The van der Waals surface area contributed by atoms with Crippen molar-refractivity contribution in [2.45, 2.75) is 13.3 Å². The number of fused-ring (bicyclic) bond motifs is 1. The van der Waals surface area contributed by atoms with Crippen molar-refractivity contribution in [3.05, 3.63) is 83.9 Å². The predicted molar refractivity (Wildman–Crippen MR) is 133 cm³/mol. The molecule has 0 aliphatic rings. The minimum Gasteiger partial charge on any atom is -0.493 e. The van der Waals surface area contributed by atoms with Gasteiger partial charge < -0.3 is 15.0 Å². The molecule has 1 amide bonds. The summed E-state index contributed by atoms with van der Waals surface area (Å²) in [6.45, 7) is 2.55. The average Bonchev–Trinajstić information content (AvgIpc) is 3.47. The van der Waals surface area contributed by atoms with Gasteiger partial charge in [0, 0.05) is 16.6 Å². The van der Waals surface area contributed by atoms with Crippen molar-refractivity contribution in [3.8, 4) is 27.7 Å². The summed E-state index contributed by atoms with van der Waals surface area (Å²) in [5.41, 5.74) is 5.29. The number of nitrogens with zero attached hydrogens (tertiary/aromatic N) is 2.